The number of nitrogens with one attached hydrogen (secondary N) is 2. The average Bonchev–Trinajstić information content (AvgIpc) is 3.31. The monoisotopic (exact) mass is 399 g/mol. The molecule has 0 bridgehead atoms. The second-order valence-corrected chi connectivity index (χ2v) is 7.63. The number of aromatic nitrogens is 4. The van der Waals surface area contributed by atoms with Crippen LogP contribution in [0.3, 0.4) is 0 Å². The zero-order valence-corrected chi connectivity index (χ0v) is 15.9. The van der Waals surface area contributed by atoms with Crippen LogP contribution in [-0.4, -0.2) is 20.2 Å². The molecule has 5 nitrogen and oxygen atoms in total. The van der Waals surface area contributed by atoms with Crippen LogP contribution in [0.25, 0.3) is 10.6 Å². The Kier molecular flexibility index (Phi) is 5.19. The SMILES string of the molecule is Clc1ccc(-c2nc(CSc3n[nH]c(Nc4ccccc4)n3)cs2)cc1. The number of rotatable bonds is 6. The number of nitrogens with zero attached hydrogens (tertiary/aromatic N) is 3. The van der Waals surface area contributed by atoms with Gasteiger partial charge in [-0.2, -0.15) is 4.98 Å². The number of halogens is 1. The van der Waals surface area contributed by atoms with Gasteiger partial charge in [0, 0.05) is 27.4 Å². The van der Waals surface area contributed by atoms with Crippen molar-refractivity contribution in [1.82, 2.24) is 20.2 Å². The number of aromatic amines is 1. The van der Waals surface area contributed by atoms with Gasteiger partial charge < -0.3 is 5.32 Å². The quantitative estimate of drug-likeness (QED) is 0.412. The van der Waals surface area contributed by atoms with Crippen LogP contribution < -0.4 is 5.32 Å². The summed E-state index contributed by atoms with van der Waals surface area (Å²) in [5.74, 6) is 1.34. The van der Waals surface area contributed by atoms with Crippen molar-refractivity contribution < 1.29 is 0 Å². The van der Waals surface area contributed by atoms with Gasteiger partial charge >= 0.3 is 0 Å². The highest BCUT2D eigenvalue weighted by atomic mass is 35.5. The van der Waals surface area contributed by atoms with Gasteiger partial charge in [-0.25, -0.2) is 10.1 Å². The van der Waals surface area contributed by atoms with Gasteiger partial charge in [-0.05, 0) is 24.3 Å². The van der Waals surface area contributed by atoms with E-state index in [2.05, 4.69) is 30.9 Å². The second-order valence-electron chi connectivity index (χ2n) is 5.40. The van der Waals surface area contributed by atoms with Crippen LogP contribution in [0.2, 0.25) is 5.02 Å². The average molecular weight is 400 g/mol. The van der Waals surface area contributed by atoms with E-state index in [0.29, 0.717) is 16.9 Å². The molecule has 0 saturated carbocycles. The van der Waals surface area contributed by atoms with Gasteiger partial charge in [-0.3, -0.25) is 0 Å². The fourth-order valence-electron chi connectivity index (χ4n) is 2.26. The third kappa shape index (κ3) is 4.24. The zero-order chi connectivity index (χ0) is 17.8. The first-order valence-electron chi connectivity index (χ1n) is 7.84. The normalized spacial score (nSPS) is 10.8. The molecule has 0 aliphatic carbocycles. The molecule has 0 saturated heterocycles. The van der Waals surface area contributed by atoms with Crippen LogP contribution in [0.4, 0.5) is 11.6 Å². The maximum Gasteiger partial charge on any atom is 0.223 e. The summed E-state index contributed by atoms with van der Waals surface area (Å²) >= 11 is 9.10. The molecular formula is C18H14ClN5S2. The summed E-state index contributed by atoms with van der Waals surface area (Å²) < 4.78 is 0. The van der Waals surface area contributed by atoms with Crippen LogP contribution >= 0.6 is 34.7 Å². The number of para-hydroxylation sites is 1. The third-order valence-electron chi connectivity index (χ3n) is 3.49. The van der Waals surface area contributed by atoms with Crippen molar-refractivity contribution in [2.45, 2.75) is 10.9 Å². The first kappa shape index (κ1) is 17.1. The lowest BCUT2D eigenvalue weighted by atomic mass is 10.2. The number of thioether (sulfide) groups is 1. The Morgan fingerprint density at radius 2 is 1.85 bits per heavy atom. The van der Waals surface area contributed by atoms with E-state index in [1.807, 2.05) is 54.6 Å². The molecule has 0 unspecified atom stereocenters. The topological polar surface area (TPSA) is 66.5 Å². The van der Waals surface area contributed by atoms with Crippen molar-refractivity contribution in [1.29, 1.82) is 0 Å². The van der Waals surface area contributed by atoms with Gasteiger partial charge in [0.2, 0.25) is 11.1 Å². The van der Waals surface area contributed by atoms with Crippen molar-refractivity contribution in [3.05, 3.63) is 70.7 Å². The summed E-state index contributed by atoms with van der Waals surface area (Å²) in [6, 6.07) is 17.6. The van der Waals surface area contributed by atoms with Gasteiger partial charge in [0.15, 0.2) is 0 Å². The molecule has 0 fully saturated rings. The lowest BCUT2D eigenvalue weighted by molar-refractivity contribution is 0.972. The van der Waals surface area contributed by atoms with E-state index in [4.69, 9.17) is 11.6 Å². The summed E-state index contributed by atoms with van der Waals surface area (Å²) in [7, 11) is 0. The van der Waals surface area contributed by atoms with Gasteiger partial charge in [0.05, 0.1) is 5.69 Å². The highest BCUT2D eigenvalue weighted by molar-refractivity contribution is 7.98. The summed E-state index contributed by atoms with van der Waals surface area (Å²) in [5, 5.41) is 14.8. The fourth-order valence-corrected chi connectivity index (χ4v) is 4.01. The largest absolute Gasteiger partial charge is 0.325 e. The highest BCUT2D eigenvalue weighted by Gasteiger charge is 2.08. The molecule has 0 amide bonds. The lowest BCUT2D eigenvalue weighted by Crippen LogP contribution is -1.91. The van der Waals surface area contributed by atoms with Gasteiger partial charge in [-0.15, -0.1) is 16.4 Å². The van der Waals surface area contributed by atoms with Crippen LogP contribution in [-0.2, 0) is 5.75 Å². The number of H-pyrrole nitrogens is 1. The molecule has 4 aromatic rings. The highest BCUT2D eigenvalue weighted by Crippen LogP contribution is 2.28. The van der Waals surface area contributed by atoms with E-state index in [0.717, 1.165) is 27.0 Å². The van der Waals surface area contributed by atoms with Crippen LogP contribution in [0, 0.1) is 0 Å². The molecule has 0 aliphatic rings. The van der Waals surface area contributed by atoms with E-state index in [1.165, 1.54) is 0 Å². The number of thiazole rings is 1. The molecule has 2 aromatic carbocycles. The fraction of sp³-hybridized carbons (Fsp3) is 0.0556. The Labute approximate surface area is 163 Å². The van der Waals surface area contributed by atoms with E-state index >= 15 is 0 Å². The Morgan fingerprint density at radius 3 is 2.65 bits per heavy atom. The smallest absolute Gasteiger partial charge is 0.223 e. The lowest BCUT2D eigenvalue weighted by Gasteiger charge is -1.99. The zero-order valence-electron chi connectivity index (χ0n) is 13.5. The molecule has 2 aromatic heterocycles. The van der Waals surface area contributed by atoms with Crippen LogP contribution in [0.15, 0.2) is 65.1 Å². The number of hydrogen-bond acceptors (Lipinski definition) is 6. The molecule has 130 valence electrons. The molecule has 2 N–H and O–H groups in total. The Morgan fingerprint density at radius 1 is 1.04 bits per heavy atom. The van der Waals surface area contributed by atoms with Gasteiger partial charge in [0.25, 0.3) is 0 Å². The Balaban J connectivity index is 1.37. The second kappa shape index (κ2) is 7.90. The Bertz CT molecular complexity index is 982. The molecule has 0 atom stereocenters. The van der Waals surface area contributed by atoms with Crippen LogP contribution in [0.5, 0.6) is 0 Å². The predicted molar refractivity (Wildman–Crippen MR) is 108 cm³/mol. The molecule has 8 heteroatoms. The van der Waals surface area contributed by atoms with Crippen molar-refractivity contribution >= 4 is 46.3 Å². The summed E-state index contributed by atoms with van der Waals surface area (Å²) in [6.07, 6.45) is 0. The van der Waals surface area contributed by atoms with Crippen molar-refractivity contribution in [2.24, 2.45) is 0 Å². The first-order valence-corrected chi connectivity index (χ1v) is 10.1. The van der Waals surface area contributed by atoms with Gasteiger partial charge in [-0.1, -0.05) is 53.7 Å². The van der Waals surface area contributed by atoms with Crippen LogP contribution in [0.1, 0.15) is 5.69 Å². The number of hydrogen-bond donors (Lipinski definition) is 2. The first-order chi connectivity index (χ1) is 12.8. The summed E-state index contributed by atoms with van der Waals surface area (Å²) in [6.45, 7) is 0. The third-order valence-corrected chi connectivity index (χ3v) is 5.57. The Hall–Kier alpha value is -2.35. The van der Waals surface area contributed by atoms with Crippen molar-refractivity contribution in [3.63, 3.8) is 0 Å². The standard InChI is InChI=1S/C18H14ClN5S2/c19-13-8-6-12(7-9-13)16-20-15(10-25-16)11-26-18-22-17(23-24-18)21-14-4-2-1-3-5-14/h1-10H,11H2,(H2,21,22,23,24). The minimum atomic E-state index is 0.624. The minimum Gasteiger partial charge on any atom is -0.325 e. The predicted octanol–water partition coefficient (Wildman–Crippen LogP) is 5.62. The molecular weight excluding hydrogens is 386 g/mol. The van der Waals surface area contributed by atoms with Crippen molar-refractivity contribution in [2.75, 3.05) is 5.32 Å². The minimum absolute atomic E-state index is 0.624. The van der Waals surface area contributed by atoms with E-state index in [1.54, 1.807) is 23.1 Å². The summed E-state index contributed by atoms with van der Waals surface area (Å²) in [5.41, 5.74) is 3.04. The maximum atomic E-state index is 5.93. The maximum absolute atomic E-state index is 5.93. The molecule has 0 spiro atoms. The molecule has 2 heterocycles. The molecule has 26 heavy (non-hydrogen) atoms. The molecule has 4 rings (SSSR count). The molecule has 0 radical (unpaired) electrons. The summed E-state index contributed by atoms with van der Waals surface area (Å²) in [4.78, 5) is 9.11. The van der Waals surface area contributed by atoms with E-state index in [9.17, 15) is 0 Å². The van der Waals surface area contributed by atoms with Crippen molar-refractivity contribution in [3.8, 4) is 10.6 Å². The number of benzene rings is 2. The van der Waals surface area contributed by atoms with Gasteiger partial charge in [0.1, 0.15) is 5.01 Å². The van der Waals surface area contributed by atoms with E-state index in [-0.39, 0.29) is 0 Å². The number of anilines is 2. The molecule has 0 aliphatic heterocycles. The van der Waals surface area contributed by atoms with E-state index < -0.39 is 0 Å².